The van der Waals surface area contributed by atoms with E-state index in [0.717, 1.165) is 24.5 Å². The molecule has 0 saturated carbocycles. The van der Waals surface area contributed by atoms with Crippen molar-refractivity contribution in [3.8, 4) is 0 Å². The van der Waals surface area contributed by atoms with Crippen LogP contribution in [0.1, 0.15) is 36.6 Å². The molecule has 0 fully saturated rings. The number of amides is 2. The maximum Gasteiger partial charge on any atom is 0.282 e. The Bertz CT molecular complexity index is 759. The first-order valence-electron chi connectivity index (χ1n) is 9.95. The predicted molar refractivity (Wildman–Crippen MR) is 118 cm³/mol. The summed E-state index contributed by atoms with van der Waals surface area (Å²) < 4.78 is 5.66. The molecule has 9 nitrogen and oxygen atoms in total. The van der Waals surface area contributed by atoms with Gasteiger partial charge in [-0.3, -0.25) is 14.5 Å². The van der Waals surface area contributed by atoms with Crippen molar-refractivity contribution in [3.63, 3.8) is 0 Å². The molecule has 0 aromatic carbocycles. The van der Waals surface area contributed by atoms with Crippen molar-refractivity contribution in [1.82, 2.24) is 25.0 Å². The van der Waals surface area contributed by atoms with Gasteiger partial charge in [-0.25, -0.2) is 4.98 Å². The van der Waals surface area contributed by atoms with Crippen LogP contribution in [-0.2, 0) is 9.53 Å². The number of carbonyl (C=O) groups is 2. The smallest absolute Gasteiger partial charge is 0.282 e. The van der Waals surface area contributed by atoms with Gasteiger partial charge in [0.2, 0.25) is 6.41 Å². The molecule has 2 amide bonds. The minimum absolute atomic E-state index is 0.0190. The fraction of sp³-hybridized carbons (Fsp3) is 0.476. The molecule has 0 spiro atoms. The van der Waals surface area contributed by atoms with Crippen LogP contribution < -0.4 is 5.32 Å². The van der Waals surface area contributed by atoms with Crippen molar-refractivity contribution in [2.45, 2.75) is 20.3 Å². The van der Waals surface area contributed by atoms with Gasteiger partial charge in [0.25, 0.3) is 5.91 Å². The standard InChI is InChI=1S/C21H32N6O3/c1-6-9-11-17(12-10-14-30-15-13-27(7-2)8-3)19-23-18(20(22-4)25-24-19)21(29)26(5)16-28/h6,10-12,16H,1,7-9,13-15H2,2-5H3,(H,22,25)/b12-10-,17-11+. The molecule has 1 aromatic heterocycles. The molecule has 9 heteroatoms. The molecule has 0 bridgehead atoms. The van der Waals surface area contributed by atoms with Crippen LogP contribution in [0.2, 0.25) is 0 Å². The first-order valence-corrected chi connectivity index (χ1v) is 9.95. The zero-order valence-corrected chi connectivity index (χ0v) is 18.3. The van der Waals surface area contributed by atoms with Crippen LogP contribution in [0.4, 0.5) is 5.82 Å². The van der Waals surface area contributed by atoms with E-state index in [1.54, 1.807) is 13.1 Å². The highest BCUT2D eigenvalue weighted by Gasteiger charge is 2.20. The van der Waals surface area contributed by atoms with Crippen LogP contribution in [0.15, 0.2) is 30.9 Å². The number of carbonyl (C=O) groups excluding carboxylic acids is 2. The van der Waals surface area contributed by atoms with Crippen LogP contribution in [0, 0.1) is 0 Å². The third-order valence-corrected chi connectivity index (χ3v) is 4.32. The van der Waals surface area contributed by atoms with Crippen LogP contribution >= 0.6 is 0 Å². The lowest BCUT2D eigenvalue weighted by molar-refractivity contribution is -0.115. The third kappa shape index (κ3) is 7.84. The maximum absolute atomic E-state index is 12.4. The van der Waals surface area contributed by atoms with Crippen molar-refractivity contribution in [2.75, 3.05) is 52.3 Å². The minimum atomic E-state index is -0.572. The highest BCUT2D eigenvalue weighted by molar-refractivity contribution is 6.01. The fourth-order valence-corrected chi connectivity index (χ4v) is 2.48. The Morgan fingerprint density at radius 2 is 2.00 bits per heavy atom. The van der Waals surface area contributed by atoms with Gasteiger partial charge in [0, 0.05) is 26.2 Å². The summed E-state index contributed by atoms with van der Waals surface area (Å²) in [6.07, 6.45) is 8.34. The van der Waals surface area contributed by atoms with E-state index in [9.17, 15) is 9.59 Å². The van der Waals surface area contributed by atoms with Gasteiger partial charge in [-0.1, -0.05) is 38.2 Å². The summed E-state index contributed by atoms with van der Waals surface area (Å²) >= 11 is 0. The van der Waals surface area contributed by atoms with E-state index in [1.807, 2.05) is 18.2 Å². The summed E-state index contributed by atoms with van der Waals surface area (Å²) in [5.74, 6) is -0.0978. The van der Waals surface area contributed by atoms with Crippen LogP contribution in [0.5, 0.6) is 0 Å². The lowest BCUT2D eigenvalue weighted by atomic mass is 10.2. The second-order valence-electron chi connectivity index (χ2n) is 6.29. The van der Waals surface area contributed by atoms with E-state index in [4.69, 9.17) is 4.74 Å². The topological polar surface area (TPSA) is 101 Å². The highest BCUT2D eigenvalue weighted by Crippen LogP contribution is 2.17. The first-order chi connectivity index (χ1) is 14.5. The monoisotopic (exact) mass is 416 g/mol. The van der Waals surface area contributed by atoms with Gasteiger partial charge in [-0.05, 0) is 19.5 Å². The number of ether oxygens (including phenoxy) is 1. The normalized spacial score (nSPS) is 11.7. The van der Waals surface area contributed by atoms with E-state index in [0.29, 0.717) is 31.6 Å². The summed E-state index contributed by atoms with van der Waals surface area (Å²) in [6, 6.07) is 0. The Morgan fingerprint density at radius 3 is 2.60 bits per heavy atom. The quantitative estimate of drug-likeness (QED) is 0.213. The molecule has 1 heterocycles. The molecule has 164 valence electrons. The second kappa shape index (κ2) is 14.1. The molecule has 0 saturated heterocycles. The molecular weight excluding hydrogens is 384 g/mol. The van der Waals surface area contributed by atoms with Gasteiger partial charge < -0.3 is 15.0 Å². The van der Waals surface area contributed by atoms with Crippen molar-refractivity contribution in [2.24, 2.45) is 0 Å². The van der Waals surface area contributed by atoms with E-state index in [1.165, 1.54) is 7.05 Å². The average Bonchev–Trinajstić information content (AvgIpc) is 2.79. The van der Waals surface area contributed by atoms with Gasteiger partial charge in [0.1, 0.15) is 0 Å². The molecule has 0 aliphatic heterocycles. The number of aromatic nitrogens is 3. The minimum Gasteiger partial charge on any atom is -0.376 e. The van der Waals surface area contributed by atoms with Crippen LogP contribution in [0.3, 0.4) is 0 Å². The number of nitrogens with zero attached hydrogens (tertiary/aromatic N) is 5. The molecule has 1 N–H and O–H groups in total. The zero-order chi connectivity index (χ0) is 22.4. The number of hydrogen-bond acceptors (Lipinski definition) is 8. The largest absolute Gasteiger partial charge is 0.376 e. The van der Waals surface area contributed by atoms with Crippen molar-refractivity contribution in [1.29, 1.82) is 0 Å². The number of allylic oxidation sites excluding steroid dienone is 4. The zero-order valence-electron chi connectivity index (χ0n) is 18.3. The molecule has 0 aliphatic rings. The Morgan fingerprint density at radius 1 is 1.27 bits per heavy atom. The maximum atomic E-state index is 12.4. The van der Waals surface area contributed by atoms with Crippen molar-refractivity contribution in [3.05, 3.63) is 42.4 Å². The summed E-state index contributed by atoms with van der Waals surface area (Å²) in [4.78, 5) is 30.9. The molecule has 0 radical (unpaired) electrons. The summed E-state index contributed by atoms with van der Waals surface area (Å²) in [6.45, 7) is 11.9. The summed E-state index contributed by atoms with van der Waals surface area (Å²) in [5, 5.41) is 10.9. The number of nitrogens with one attached hydrogen (secondary N) is 1. The Hall–Kier alpha value is -2.91. The predicted octanol–water partition coefficient (Wildman–Crippen LogP) is 2.02. The lowest BCUT2D eigenvalue weighted by Gasteiger charge is -2.17. The molecule has 1 rings (SSSR count). The van der Waals surface area contributed by atoms with E-state index < -0.39 is 5.91 Å². The van der Waals surface area contributed by atoms with E-state index >= 15 is 0 Å². The van der Waals surface area contributed by atoms with Gasteiger partial charge in [0.15, 0.2) is 17.3 Å². The van der Waals surface area contributed by atoms with Crippen LogP contribution in [-0.4, -0.2) is 84.2 Å². The molecule has 0 unspecified atom stereocenters. The number of likely N-dealkylation sites (N-methyl/N-ethyl adjacent to an activating group) is 1. The number of hydrogen-bond donors (Lipinski definition) is 1. The molecular formula is C21H32N6O3. The third-order valence-electron chi connectivity index (χ3n) is 4.32. The lowest BCUT2D eigenvalue weighted by Crippen LogP contribution is -2.27. The number of anilines is 1. The number of imide groups is 1. The molecule has 0 aliphatic carbocycles. The Labute approximate surface area is 178 Å². The average molecular weight is 417 g/mol. The molecule has 30 heavy (non-hydrogen) atoms. The van der Waals surface area contributed by atoms with E-state index in [-0.39, 0.29) is 17.3 Å². The molecule has 0 atom stereocenters. The van der Waals surface area contributed by atoms with E-state index in [2.05, 4.69) is 45.8 Å². The van der Waals surface area contributed by atoms with Crippen molar-refractivity contribution >= 4 is 23.7 Å². The van der Waals surface area contributed by atoms with Gasteiger partial charge in [0.05, 0.1) is 13.2 Å². The summed E-state index contributed by atoms with van der Waals surface area (Å²) in [5.41, 5.74) is 0.700. The van der Waals surface area contributed by atoms with Gasteiger partial charge >= 0.3 is 0 Å². The second-order valence-corrected chi connectivity index (χ2v) is 6.29. The molecule has 1 aromatic rings. The van der Waals surface area contributed by atoms with Gasteiger partial charge in [-0.2, -0.15) is 0 Å². The Balaban J connectivity index is 2.96. The van der Waals surface area contributed by atoms with Crippen LogP contribution in [0.25, 0.3) is 5.57 Å². The highest BCUT2D eigenvalue weighted by atomic mass is 16.5. The first kappa shape index (κ1) is 25.1. The number of rotatable bonds is 14. The fourth-order valence-electron chi connectivity index (χ4n) is 2.48. The summed E-state index contributed by atoms with van der Waals surface area (Å²) in [7, 11) is 2.97. The van der Waals surface area contributed by atoms with Crippen molar-refractivity contribution < 1.29 is 14.3 Å². The van der Waals surface area contributed by atoms with Gasteiger partial charge in [-0.15, -0.1) is 16.8 Å². The SMILES string of the molecule is C=CC/C=C(\C=C/COCCN(CC)CC)c1nnc(NC)c(C(=O)N(C)C=O)n1. The Kier molecular flexibility index (Phi) is 11.8.